The third-order valence-electron chi connectivity index (χ3n) is 2.10. The molecule has 1 atom stereocenters. The molecule has 1 amide bonds. The highest BCUT2D eigenvalue weighted by Crippen LogP contribution is 1.98. The second-order valence-corrected chi connectivity index (χ2v) is 3.04. The molecule has 1 unspecified atom stereocenters. The molecule has 4 nitrogen and oxygen atoms in total. The van der Waals surface area contributed by atoms with Gasteiger partial charge < -0.3 is 4.90 Å². The van der Waals surface area contributed by atoms with Crippen LogP contribution in [-0.2, 0) is 4.79 Å². The highest BCUT2D eigenvalue weighted by molar-refractivity contribution is 5.77. The van der Waals surface area contributed by atoms with Crippen molar-refractivity contribution < 1.29 is 4.79 Å². The molecule has 0 saturated carbocycles. The first-order valence-electron chi connectivity index (χ1n) is 5.03. The molecule has 0 aliphatic heterocycles. The van der Waals surface area contributed by atoms with Crippen molar-refractivity contribution >= 4 is 5.91 Å². The molecule has 0 aromatic carbocycles. The predicted octanol–water partition coefficient (Wildman–Crippen LogP) is 0.360. The molecule has 15 heavy (non-hydrogen) atoms. The summed E-state index contributed by atoms with van der Waals surface area (Å²) in [6, 6.07) is 1.53. The zero-order valence-electron chi connectivity index (χ0n) is 9.29. The number of amides is 1. The van der Waals surface area contributed by atoms with Gasteiger partial charge in [0.15, 0.2) is 0 Å². The molecule has 0 aliphatic rings. The van der Waals surface area contributed by atoms with Crippen molar-refractivity contribution in [3.8, 4) is 18.4 Å². The number of carbonyl (C=O) groups is 1. The molecular weight excluding hydrogens is 190 g/mol. The van der Waals surface area contributed by atoms with Crippen molar-refractivity contribution in [2.75, 3.05) is 19.6 Å². The molecule has 0 spiro atoms. The first-order chi connectivity index (χ1) is 7.19. The number of hydrogen-bond donors (Lipinski definition) is 1. The van der Waals surface area contributed by atoms with Crippen LogP contribution in [0.15, 0.2) is 0 Å². The van der Waals surface area contributed by atoms with Crippen LogP contribution in [-0.4, -0.2) is 36.5 Å². The first kappa shape index (κ1) is 13.5. The van der Waals surface area contributed by atoms with E-state index in [2.05, 4.69) is 11.2 Å². The molecule has 0 radical (unpaired) electrons. The van der Waals surface area contributed by atoms with Gasteiger partial charge in [0.1, 0.15) is 6.04 Å². The molecule has 0 fully saturated rings. The maximum atomic E-state index is 11.6. The van der Waals surface area contributed by atoms with Crippen molar-refractivity contribution in [1.29, 1.82) is 5.26 Å². The van der Waals surface area contributed by atoms with Gasteiger partial charge in [0.2, 0.25) is 5.91 Å². The summed E-state index contributed by atoms with van der Waals surface area (Å²) in [5, 5.41) is 11.6. The number of nitrogens with one attached hydrogen (secondary N) is 1. The number of nitriles is 1. The number of hydrogen-bond acceptors (Lipinski definition) is 3. The Hall–Kier alpha value is -1.52. The largest absolute Gasteiger partial charge is 0.343 e. The van der Waals surface area contributed by atoms with Gasteiger partial charge in [-0.2, -0.15) is 5.26 Å². The average molecular weight is 207 g/mol. The standard InChI is InChI=1S/C11H17N3O/c1-4-7-13-10(9-12)8-11(15)14(5-2)6-3/h1,10,13H,5-8H2,2-3H3. The van der Waals surface area contributed by atoms with Gasteiger partial charge in [-0.1, -0.05) is 5.92 Å². The molecule has 0 aromatic heterocycles. The number of carbonyl (C=O) groups excluding carboxylic acids is 1. The van der Waals surface area contributed by atoms with Gasteiger partial charge in [0.05, 0.1) is 19.0 Å². The Morgan fingerprint density at radius 3 is 2.53 bits per heavy atom. The molecule has 0 saturated heterocycles. The van der Waals surface area contributed by atoms with E-state index in [0.717, 1.165) is 0 Å². The average Bonchev–Trinajstić information content (AvgIpc) is 2.25. The van der Waals surface area contributed by atoms with Crippen molar-refractivity contribution in [3.63, 3.8) is 0 Å². The SMILES string of the molecule is C#CCNC(C#N)CC(=O)N(CC)CC. The molecule has 0 bridgehead atoms. The normalized spacial score (nSPS) is 11.2. The molecule has 4 heteroatoms. The molecule has 82 valence electrons. The van der Waals surface area contributed by atoms with E-state index in [0.29, 0.717) is 19.6 Å². The third-order valence-corrected chi connectivity index (χ3v) is 2.10. The maximum absolute atomic E-state index is 11.6. The zero-order chi connectivity index (χ0) is 11.7. The van der Waals surface area contributed by atoms with Crippen LogP contribution in [0.5, 0.6) is 0 Å². The Bertz CT molecular complexity index is 271. The van der Waals surface area contributed by atoms with E-state index < -0.39 is 6.04 Å². The van der Waals surface area contributed by atoms with E-state index in [9.17, 15) is 4.79 Å². The number of nitrogens with zero attached hydrogens (tertiary/aromatic N) is 2. The van der Waals surface area contributed by atoms with Gasteiger partial charge in [-0.25, -0.2) is 0 Å². The van der Waals surface area contributed by atoms with Crippen LogP contribution in [0.1, 0.15) is 20.3 Å². The second-order valence-electron chi connectivity index (χ2n) is 3.04. The van der Waals surface area contributed by atoms with Gasteiger partial charge in [-0.05, 0) is 13.8 Å². The van der Waals surface area contributed by atoms with Crippen LogP contribution in [0.3, 0.4) is 0 Å². The van der Waals surface area contributed by atoms with E-state index in [1.807, 2.05) is 19.9 Å². The van der Waals surface area contributed by atoms with Gasteiger partial charge in [0, 0.05) is 13.1 Å². The summed E-state index contributed by atoms with van der Waals surface area (Å²) < 4.78 is 0. The molecule has 0 rings (SSSR count). The third kappa shape index (κ3) is 5.05. The smallest absolute Gasteiger partial charge is 0.225 e. The van der Waals surface area contributed by atoms with E-state index in [1.165, 1.54) is 0 Å². The lowest BCUT2D eigenvalue weighted by Gasteiger charge is -2.20. The predicted molar refractivity (Wildman–Crippen MR) is 58.8 cm³/mol. The fourth-order valence-electron chi connectivity index (χ4n) is 1.23. The summed E-state index contributed by atoms with van der Waals surface area (Å²) in [6.07, 6.45) is 5.24. The quantitative estimate of drug-likeness (QED) is 0.640. The first-order valence-corrected chi connectivity index (χ1v) is 5.03. The van der Waals surface area contributed by atoms with Gasteiger partial charge in [-0.3, -0.25) is 10.1 Å². The maximum Gasteiger partial charge on any atom is 0.225 e. The molecule has 1 N–H and O–H groups in total. The molecule has 0 aliphatic carbocycles. The van der Waals surface area contributed by atoms with Crippen LogP contribution in [0.25, 0.3) is 0 Å². The fraction of sp³-hybridized carbons (Fsp3) is 0.636. The van der Waals surface area contributed by atoms with Crippen molar-refractivity contribution in [2.45, 2.75) is 26.3 Å². The second kappa shape index (κ2) is 7.84. The minimum Gasteiger partial charge on any atom is -0.343 e. The van der Waals surface area contributed by atoms with Gasteiger partial charge in [-0.15, -0.1) is 6.42 Å². The van der Waals surface area contributed by atoms with E-state index in [-0.39, 0.29) is 12.3 Å². The lowest BCUT2D eigenvalue weighted by molar-refractivity contribution is -0.131. The van der Waals surface area contributed by atoms with Crippen LogP contribution < -0.4 is 5.32 Å². The van der Waals surface area contributed by atoms with Crippen LogP contribution in [0.4, 0.5) is 0 Å². The van der Waals surface area contributed by atoms with Crippen molar-refractivity contribution in [2.24, 2.45) is 0 Å². The fourth-order valence-corrected chi connectivity index (χ4v) is 1.23. The Kier molecular flexibility index (Phi) is 7.05. The summed E-state index contributed by atoms with van der Waals surface area (Å²) in [7, 11) is 0. The lowest BCUT2D eigenvalue weighted by atomic mass is 10.2. The Morgan fingerprint density at radius 2 is 2.13 bits per heavy atom. The highest BCUT2D eigenvalue weighted by atomic mass is 16.2. The van der Waals surface area contributed by atoms with Gasteiger partial charge in [0.25, 0.3) is 0 Å². The Morgan fingerprint density at radius 1 is 1.53 bits per heavy atom. The lowest BCUT2D eigenvalue weighted by Crippen LogP contribution is -2.37. The van der Waals surface area contributed by atoms with Crippen LogP contribution in [0.2, 0.25) is 0 Å². The summed E-state index contributed by atoms with van der Waals surface area (Å²) in [4.78, 5) is 13.3. The van der Waals surface area contributed by atoms with Gasteiger partial charge >= 0.3 is 0 Å². The molecule has 0 heterocycles. The monoisotopic (exact) mass is 207 g/mol. The summed E-state index contributed by atoms with van der Waals surface area (Å²) in [5.74, 6) is 2.36. The minimum atomic E-state index is -0.492. The van der Waals surface area contributed by atoms with E-state index in [4.69, 9.17) is 11.7 Å². The topological polar surface area (TPSA) is 56.1 Å². The highest BCUT2D eigenvalue weighted by Gasteiger charge is 2.15. The van der Waals surface area contributed by atoms with E-state index in [1.54, 1.807) is 4.90 Å². The Balaban J connectivity index is 4.13. The summed E-state index contributed by atoms with van der Waals surface area (Å²) in [6.45, 7) is 5.48. The zero-order valence-corrected chi connectivity index (χ0v) is 9.29. The minimum absolute atomic E-state index is 0.0175. The molecular formula is C11H17N3O. The van der Waals surface area contributed by atoms with Crippen molar-refractivity contribution in [1.82, 2.24) is 10.2 Å². The van der Waals surface area contributed by atoms with Crippen molar-refractivity contribution in [3.05, 3.63) is 0 Å². The van der Waals surface area contributed by atoms with E-state index >= 15 is 0 Å². The Labute approximate surface area is 91.3 Å². The van der Waals surface area contributed by atoms with Crippen LogP contribution in [0, 0.1) is 23.7 Å². The summed E-state index contributed by atoms with van der Waals surface area (Å²) >= 11 is 0. The molecule has 0 aromatic rings. The summed E-state index contributed by atoms with van der Waals surface area (Å²) in [5.41, 5.74) is 0. The number of terminal acetylenes is 1. The van der Waals surface area contributed by atoms with Crippen LogP contribution >= 0.6 is 0 Å². The number of rotatable bonds is 6.